The maximum atomic E-state index is 12.8. The molecule has 0 radical (unpaired) electrons. The van der Waals surface area contributed by atoms with E-state index in [1.807, 2.05) is 0 Å². The van der Waals surface area contributed by atoms with Crippen molar-refractivity contribution in [3.8, 4) is 5.75 Å². The molecule has 30 heavy (non-hydrogen) atoms. The topological polar surface area (TPSA) is 72.9 Å². The molecule has 0 spiro atoms. The summed E-state index contributed by atoms with van der Waals surface area (Å²) in [6, 6.07) is 12.1. The van der Waals surface area contributed by atoms with E-state index >= 15 is 0 Å². The van der Waals surface area contributed by atoms with Crippen molar-refractivity contribution in [3.05, 3.63) is 68.0 Å². The lowest BCUT2D eigenvalue weighted by Gasteiger charge is -2.12. The van der Waals surface area contributed by atoms with Gasteiger partial charge in [0.15, 0.2) is 6.61 Å². The summed E-state index contributed by atoms with van der Waals surface area (Å²) in [6.45, 7) is 1.87. The summed E-state index contributed by atoms with van der Waals surface area (Å²) in [4.78, 5) is 38.2. The van der Waals surface area contributed by atoms with Crippen molar-refractivity contribution in [2.45, 2.75) is 13.5 Å². The quantitative estimate of drug-likeness (QED) is 0.373. The number of carbonyl (C=O) groups excluding carboxylic acids is 3. The first-order valence-corrected chi connectivity index (χ1v) is 10.9. The van der Waals surface area contributed by atoms with Crippen molar-refractivity contribution in [2.75, 3.05) is 13.2 Å². The Morgan fingerprint density at radius 2 is 1.93 bits per heavy atom. The Kier molecular flexibility index (Phi) is 7.58. The van der Waals surface area contributed by atoms with Gasteiger partial charge in [-0.2, -0.15) is 0 Å². The third-order valence-electron chi connectivity index (χ3n) is 4.04. The highest BCUT2D eigenvalue weighted by Crippen LogP contribution is 2.35. The molecule has 0 saturated carbocycles. The summed E-state index contributed by atoms with van der Waals surface area (Å²) in [5, 5.41) is 0.225. The second-order valence-corrected chi connectivity index (χ2v) is 8.52. The van der Waals surface area contributed by atoms with Crippen LogP contribution in [-0.2, 0) is 20.9 Å². The van der Waals surface area contributed by atoms with Crippen molar-refractivity contribution < 1.29 is 23.9 Å². The summed E-state index contributed by atoms with van der Waals surface area (Å²) in [6.07, 6.45) is 1.58. The zero-order valence-corrected chi connectivity index (χ0v) is 19.1. The fraction of sp³-hybridized carbons (Fsp3) is 0.190. The minimum Gasteiger partial charge on any atom is -0.481 e. The van der Waals surface area contributed by atoms with Crippen LogP contribution >= 0.6 is 39.3 Å². The molecule has 9 heteroatoms. The second kappa shape index (κ2) is 10.1. The predicted molar refractivity (Wildman–Crippen MR) is 119 cm³/mol. The van der Waals surface area contributed by atoms with Crippen LogP contribution in [0.15, 0.2) is 51.8 Å². The lowest BCUT2D eigenvalue weighted by Crippen LogP contribution is -2.27. The summed E-state index contributed by atoms with van der Waals surface area (Å²) in [7, 11) is 0. The highest BCUT2D eigenvalue weighted by atomic mass is 79.9. The van der Waals surface area contributed by atoms with Gasteiger partial charge in [-0.05, 0) is 60.7 Å². The van der Waals surface area contributed by atoms with E-state index in [0.29, 0.717) is 16.3 Å². The normalized spacial score (nSPS) is 15.0. The van der Waals surface area contributed by atoms with E-state index < -0.39 is 11.9 Å². The lowest BCUT2D eigenvalue weighted by molar-refractivity contribution is -0.145. The number of hydrogen-bond acceptors (Lipinski definition) is 6. The molecule has 3 rings (SSSR count). The number of halogens is 2. The molecule has 1 aliphatic heterocycles. The van der Waals surface area contributed by atoms with E-state index in [2.05, 4.69) is 15.9 Å². The van der Waals surface area contributed by atoms with Gasteiger partial charge in [0.05, 0.1) is 18.1 Å². The van der Waals surface area contributed by atoms with Gasteiger partial charge in [-0.15, -0.1) is 0 Å². The van der Waals surface area contributed by atoms with E-state index in [0.717, 1.165) is 21.8 Å². The standard InChI is InChI=1S/C21H17BrClNO5S/c1-2-28-19(25)12-29-17-8-5-15(22)9-14(17)10-18-20(26)24(21(27)30-18)11-13-3-6-16(23)7-4-13/h3-10H,2,11-12H2,1H3/b18-10+. The number of carbonyl (C=O) groups is 3. The average molecular weight is 511 g/mol. The van der Waals surface area contributed by atoms with E-state index in [4.69, 9.17) is 21.1 Å². The Bertz CT molecular complexity index is 1010. The van der Waals surface area contributed by atoms with Crippen LogP contribution < -0.4 is 4.74 Å². The molecule has 0 aromatic heterocycles. The number of hydrogen-bond donors (Lipinski definition) is 0. The van der Waals surface area contributed by atoms with Crippen LogP contribution in [0.3, 0.4) is 0 Å². The van der Waals surface area contributed by atoms with Gasteiger partial charge in [-0.3, -0.25) is 14.5 Å². The third-order valence-corrected chi connectivity index (χ3v) is 5.69. The van der Waals surface area contributed by atoms with Crippen molar-refractivity contribution in [1.29, 1.82) is 0 Å². The van der Waals surface area contributed by atoms with Gasteiger partial charge in [-0.25, -0.2) is 4.79 Å². The highest BCUT2D eigenvalue weighted by molar-refractivity contribution is 9.10. The number of rotatable bonds is 7. The van der Waals surface area contributed by atoms with Crippen molar-refractivity contribution in [2.24, 2.45) is 0 Å². The van der Waals surface area contributed by atoms with Gasteiger partial charge in [0, 0.05) is 15.1 Å². The molecule has 6 nitrogen and oxygen atoms in total. The Labute approximate surface area is 191 Å². The lowest BCUT2D eigenvalue weighted by atomic mass is 10.1. The molecule has 0 atom stereocenters. The first kappa shape index (κ1) is 22.4. The monoisotopic (exact) mass is 509 g/mol. The molecule has 2 aromatic carbocycles. The van der Waals surface area contributed by atoms with Crippen LogP contribution in [0.25, 0.3) is 6.08 Å². The molecule has 1 aliphatic rings. The first-order chi connectivity index (χ1) is 14.4. The van der Waals surface area contributed by atoms with Crippen LogP contribution in [0.4, 0.5) is 4.79 Å². The number of benzene rings is 2. The van der Waals surface area contributed by atoms with Crippen LogP contribution in [0.1, 0.15) is 18.1 Å². The molecule has 0 N–H and O–H groups in total. The van der Waals surface area contributed by atoms with E-state index in [1.54, 1.807) is 55.5 Å². The predicted octanol–water partition coefficient (Wildman–Crippen LogP) is 5.28. The minimum atomic E-state index is -0.491. The Balaban J connectivity index is 1.80. The van der Waals surface area contributed by atoms with E-state index in [-0.39, 0.29) is 29.9 Å². The third kappa shape index (κ3) is 5.65. The zero-order valence-electron chi connectivity index (χ0n) is 15.9. The number of nitrogens with zero attached hydrogens (tertiary/aromatic N) is 1. The molecule has 0 aliphatic carbocycles. The Hall–Kier alpha value is -2.29. The number of ether oxygens (including phenoxy) is 2. The zero-order chi connectivity index (χ0) is 21.7. The van der Waals surface area contributed by atoms with Crippen LogP contribution in [0.5, 0.6) is 5.75 Å². The van der Waals surface area contributed by atoms with Crippen LogP contribution in [0, 0.1) is 0 Å². The molecule has 1 saturated heterocycles. The van der Waals surface area contributed by atoms with Crippen molar-refractivity contribution in [1.82, 2.24) is 4.90 Å². The van der Waals surface area contributed by atoms with Gasteiger partial charge >= 0.3 is 5.97 Å². The SMILES string of the molecule is CCOC(=O)COc1ccc(Br)cc1/C=C1/SC(=O)N(Cc2ccc(Cl)cc2)C1=O. The highest BCUT2D eigenvalue weighted by Gasteiger charge is 2.35. The number of amides is 2. The molecule has 0 bridgehead atoms. The van der Waals surface area contributed by atoms with Crippen LogP contribution in [0.2, 0.25) is 5.02 Å². The first-order valence-electron chi connectivity index (χ1n) is 8.95. The van der Waals surface area contributed by atoms with E-state index in [9.17, 15) is 14.4 Å². The molecular weight excluding hydrogens is 494 g/mol. The smallest absolute Gasteiger partial charge is 0.344 e. The van der Waals surface area contributed by atoms with Crippen molar-refractivity contribution in [3.63, 3.8) is 0 Å². The fourth-order valence-corrected chi connectivity index (χ4v) is 3.99. The molecule has 2 amide bonds. The Morgan fingerprint density at radius 1 is 1.20 bits per heavy atom. The molecule has 1 heterocycles. The van der Waals surface area contributed by atoms with Gasteiger partial charge in [0.2, 0.25) is 0 Å². The second-order valence-electron chi connectivity index (χ2n) is 6.17. The summed E-state index contributed by atoms with van der Waals surface area (Å²) >= 11 is 10.1. The molecule has 0 unspecified atom stereocenters. The number of thioether (sulfide) groups is 1. The fourth-order valence-electron chi connectivity index (χ4n) is 2.65. The van der Waals surface area contributed by atoms with Crippen molar-refractivity contribution >= 4 is 62.5 Å². The summed E-state index contributed by atoms with van der Waals surface area (Å²) in [5.41, 5.74) is 1.36. The maximum Gasteiger partial charge on any atom is 0.344 e. The minimum absolute atomic E-state index is 0.157. The molecular formula is C21H17BrClNO5S. The largest absolute Gasteiger partial charge is 0.481 e. The average Bonchev–Trinajstić information content (AvgIpc) is 2.96. The molecule has 1 fully saturated rings. The summed E-state index contributed by atoms with van der Waals surface area (Å²) in [5.74, 6) is -0.485. The van der Waals surface area contributed by atoms with Gasteiger partial charge in [0.1, 0.15) is 5.75 Å². The van der Waals surface area contributed by atoms with Crippen LogP contribution in [-0.4, -0.2) is 35.2 Å². The maximum absolute atomic E-state index is 12.8. The van der Waals surface area contributed by atoms with E-state index in [1.165, 1.54) is 4.90 Å². The van der Waals surface area contributed by atoms with Gasteiger partial charge in [-0.1, -0.05) is 39.7 Å². The number of esters is 1. The van der Waals surface area contributed by atoms with Gasteiger partial charge < -0.3 is 9.47 Å². The Morgan fingerprint density at radius 3 is 2.63 bits per heavy atom. The summed E-state index contributed by atoms with van der Waals surface area (Å²) < 4.78 is 11.2. The number of imide groups is 1. The molecule has 2 aromatic rings. The molecule has 156 valence electrons. The van der Waals surface area contributed by atoms with Gasteiger partial charge in [0.25, 0.3) is 11.1 Å².